The van der Waals surface area contributed by atoms with Gasteiger partial charge in [0.25, 0.3) is 5.91 Å². The Hall–Kier alpha value is -3.40. The molecular weight excluding hydrogens is 472 g/mol. The number of ether oxygens (including phenoxy) is 1. The van der Waals surface area contributed by atoms with E-state index in [1.165, 1.54) is 6.92 Å². The number of hydrogen-bond donors (Lipinski definition) is 4. The summed E-state index contributed by atoms with van der Waals surface area (Å²) in [5.74, 6) is -0.388. The highest BCUT2D eigenvalue weighted by Gasteiger charge is 2.22. The highest BCUT2D eigenvalue weighted by molar-refractivity contribution is 6.30. The zero-order valence-electron chi connectivity index (χ0n) is 19.8. The molecule has 5 N–H and O–H groups in total. The molecule has 0 fully saturated rings. The zero-order valence-corrected chi connectivity index (χ0v) is 20.6. The van der Waals surface area contributed by atoms with Crippen molar-refractivity contribution in [3.8, 4) is 5.75 Å². The van der Waals surface area contributed by atoms with Gasteiger partial charge in [-0.1, -0.05) is 11.6 Å². The Morgan fingerprint density at radius 3 is 2.40 bits per heavy atom. The smallest absolute Gasteiger partial charge is 0.262 e. The number of rotatable bonds is 9. The second kappa shape index (κ2) is 11.4. The largest absolute Gasteiger partial charge is 0.497 e. The SMILES string of the molecule is COc1ccc2c(c1)c(CC(=O)NCC(O)CNC(=O)[C@H](C)N)c(C)n2C(=O)c1ccc(Cl)cc1. The van der Waals surface area contributed by atoms with Crippen LogP contribution in [0.2, 0.25) is 5.02 Å². The summed E-state index contributed by atoms with van der Waals surface area (Å²) in [5.41, 5.74) is 7.86. The molecule has 1 unspecified atom stereocenters. The lowest BCUT2D eigenvalue weighted by Gasteiger charge is -2.14. The maximum atomic E-state index is 13.3. The molecule has 0 aliphatic carbocycles. The number of aliphatic hydroxyl groups excluding tert-OH is 1. The van der Waals surface area contributed by atoms with E-state index in [0.29, 0.717) is 38.5 Å². The first kappa shape index (κ1) is 26.2. The van der Waals surface area contributed by atoms with E-state index in [9.17, 15) is 19.5 Å². The van der Waals surface area contributed by atoms with Crippen molar-refractivity contribution in [3.63, 3.8) is 0 Å². The molecule has 35 heavy (non-hydrogen) atoms. The summed E-state index contributed by atoms with van der Waals surface area (Å²) in [6.45, 7) is 3.23. The minimum absolute atomic E-state index is 0.0185. The number of aromatic nitrogens is 1. The van der Waals surface area contributed by atoms with Crippen molar-refractivity contribution in [2.24, 2.45) is 5.73 Å². The van der Waals surface area contributed by atoms with E-state index in [1.807, 2.05) is 0 Å². The summed E-state index contributed by atoms with van der Waals surface area (Å²) in [5, 5.41) is 16.5. The number of carbonyl (C=O) groups is 3. The third-order valence-electron chi connectivity index (χ3n) is 5.63. The maximum Gasteiger partial charge on any atom is 0.262 e. The highest BCUT2D eigenvalue weighted by atomic mass is 35.5. The van der Waals surface area contributed by atoms with Gasteiger partial charge < -0.3 is 26.2 Å². The van der Waals surface area contributed by atoms with Gasteiger partial charge >= 0.3 is 0 Å². The Kier molecular flexibility index (Phi) is 8.50. The molecule has 0 spiro atoms. The summed E-state index contributed by atoms with van der Waals surface area (Å²) in [7, 11) is 1.54. The minimum Gasteiger partial charge on any atom is -0.497 e. The fraction of sp³-hybridized carbons (Fsp3) is 0.320. The first-order valence-electron chi connectivity index (χ1n) is 11.1. The van der Waals surface area contributed by atoms with Crippen LogP contribution in [0.4, 0.5) is 0 Å². The molecule has 2 aromatic carbocycles. The van der Waals surface area contributed by atoms with Gasteiger partial charge in [-0.15, -0.1) is 0 Å². The van der Waals surface area contributed by atoms with Gasteiger partial charge in [0.1, 0.15) is 5.75 Å². The number of methoxy groups -OCH3 is 1. The topological polar surface area (TPSA) is 136 Å². The quantitative estimate of drug-likeness (QED) is 0.353. The van der Waals surface area contributed by atoms with Crippen LogP contribution in [0.1, 0.15) is 28.5 Å². The number of hydrogen-bond acceptors (Lipinski definition) is 6. The fourth-order valence-corrected chi connectivity index (χ4v) is 3.83. The van der Waals surface area contributed by atoms with Gasteiger partial charge in [0.2, 0.25) is 11.8 Å². The third kappa shape index (κ3) is 6.19. The molecule has 10 heteroatoms. The van der Waals surface area contributed by atoms with Gasteiger partial charge in [-0.25, -0.2) is 0 Å². The van der Waals surface area contributed by atoms with Crippen LogP contribution in [0, 0.1) is 6.92 Å². The van der Waals surface area contributed by atoms with Crippen molar-refractivity contribution in [3.05, 3.63) is 64.3 Å². The van der Waals surface area contributed by atoms with Gasteiger partial charge in [0, 0.05) is 34.8 Å². The summed E-state index contributed by atoms with van der Waals surface area (Å²) < 4.78 is 6.91. The van der Waals surface area contributed by atoms with Crippen LogP contribution in [0.3, 0.4) is 0 Å². The number of nitrogens with one attached hydrogen (secondary N) is 2. The third-order valence-corrected chi connectivity index (χ3v) is 5.89. The number of fused-ring (bicyclic) bond motifs is 1. The van der Waals surface area contributed by atoms with E-state index in [-0.39, 0.29) is 31.3 Å². The Bertz CT molecular complexity index is 1240. The molecule has 0 bridgehead atoms. The Labute approximate surface area is 208 Å². The lowest BCUT2D eigenvalue weighted by Crippen LogP contribution is -2.44. The predicted octanol–water partition coefficient (Wildman–Crippen LogP) is 1.78. The molecule has 0 radical (unpaired) electrons. The molecule has 0 saturated carbocycles. The molecule has 186 valence electrons. The van der Waals surface area contributed by atoms with Gasteiger partial charge in [-0.2, -0.15) is 0 Å². The lowest BCUT2D eigenvalue weighted by molar-refractivity contribution is -0.122. The Balaban J connectivity index is 1.83. The maximum absolute atomic E-state index is 13.3. The van der Waals surface area contributed by atoms with Crippen LogP contribution < -0.4 is 21.1 Å². The molecule has 9 nitrogen and oxygen atoms in total. The number of halogens is 1. The number of benzene rings is 2. The van der Waals surface area contributed by atoms with Gasteiger partial charge in [0.05, 0.1) is 31.2 Å². The molecule has 2 amide bonds. The second-order valence-corrected chi connectivity index (χ2v) is 8.70. The van der Waals surface area contributed by atoms with E-state index in [4.69, 9.17) is 22.1 Å². The standard InChI is InChI=1S/C25H29ClN4O5/c1-14(27)24(33)29-13-18(31)12-28-23(32)11-20-15(2)30(22-9-8-19(35-3)10-21(20)22)25(34)16-4-6-17(26)7-5-16/h4-10,14,18,31H,11-13,27H2,1-3H3,(H,28,32)(H,29,33)/t14-,18?/m0/s1. The van der Waals surface area contributed by atoms with Crippen LogP contribution in [-0.4, -0.2) is 59.7 Å². The van der Waals surface area contributed by atoms with E-state index in [1.54, 1.807) is 61.1 Å². The van der Waals surface area contributed by atoms with E-state index < -0.39 is 18.1 Å². The molecule has 2 atom stereocenters. The molecular formula is C25H29ClN4O5. The van der Waals surface area contributed by atoms with Crippen molar-refractivity contribution in [1.29, 1.82) is 0 Å². The molecule has 0 aliphatic rings. The van der Waals surface area contributed by atoms with Crippen LogP contribution >= 0.6 is 11.6 Å². The molecule has 3 rings (SSSR count). The van der Waals surface area contributed by atoms with Gasteiger partial charge in [-0.05, 0) is 61.9 Å². The predicted molar refractivity (Wildman–Crippen MR) is 134 cm³/mol. The fourth-order valence-electron chi connectivity index (χ4n) is 3.70. The molecule has 0 saturated heterocycles. The van der Waals surface area contributed by atoms with E-state index in [0.717, 1.165) is 0 Å². The van der Waals surface area contributed by atoms with Crippen LogP contribution in [0.25, 0.3) is 10.9 Å². The van der Waals surface area contributed by atoms with Crippen molar-refractivity contribution >= 4 is 40.2 Å². The van der Waals surface area contributed by atoms with Crippen molar-refractivity contribution in [2.75, 3.05) is 20.2 Å². The lowest BCUT2D eigenvalue weighted by atomic mass is 10.1. The Morgan fingerprint density at radius 2 is 1.77 bits per heavy atom. The van der Waals surface area contributed by atoms with Gasteiger partial charge in [-0.3, -0.25) is 19.0 Å². The average Bonchev–Trinajstić information content (AvgIpc) is 3.11. The zero-order chi connectivity index (χ0) is 25.7. The van der Waals surface area contributed by atoms with Crippen LogP contribution in [0.5, 0.6) is 5.75 Å². The highest BCUT2D eigenvalue weighted by Crippen LogP contribution is 2.30. The van der Waals surface area contributed by atoms with Crippen molar-refractivity contribution in [1.82, 2.24) is 15.2 Å². The first-order chi connectivity index (χ1) is 16.6. The van der Waals surface area contributed by atoms with E-state index >= 15 is 0 Å². The number of nitrogens with zero attached hydrogens (tertiary/aromatic N) is 1. The summed E-state index contributed by atoms with van der Waals surface area (Å²) in [6.07, 6.45) is -0.995. The summed E-state index contributed by atoms with van der Waals surface area (Å²) >= 11 is 5.96. The normalized spacial score (nSPS) is 12.7. The summed E-state index contributed by atoms with van der Waals surface area (Å²) in [4.78, 5) is 37.6. The molecule has 0 aliphatic heterocycles. The average molecular weight is 501 g/mol. The minimum atomic E-state index is -0.976. The van der Waals surface area contributed by atoms with Crippen LogP contribution in [0.15, 0.2) is 42.5 Å². The molecule has 3 aromatic rings. The van der Waals surface area contributed by atoms with Crippen molar-refractivity contribution in [2.45, 2.75) is 32.4 Å². The van der Waals surface area contributed by atoms with E-state index in [2.05, 4.69) is 10.6 Å². The number of amides is 2. The number of aliphatic hydroxyl groups is 1. The van der Waals surface area contributed by atoms with Gasteiger partial charge in [0.15, 0.2) is 0 Å². The first-order valence-corrected chi connectivity index (χ1v) is 11.5. The molecule has 1 heterocycles. The summed E-state index contributed by atoms with van der Waals surface area (Å²) in [6, 6.07) is 11.2. The second-order valence-electron chi connectivity index (χ2n) is 8.26. The monoisotopic (exact) mass is 500 g/mol. The number of carbonyl (C=O) groups excluding carboxylic acids is 3. The van der Waals surface area contributed by atoms with Crippen LogP contribution in [-0.2, 0) is 16.0 Å². The van der Waals surface area contributed by atoms with Crippen molar-refractivity contribution < 1.29 is 24.2 Å². The number of nitrogens with two attached hydrogens (primary N) is 1. The molecule has 1 aromatic heterocycles. The Morgan fingerprint density at radius 1 is 1.11 bits per heavy atom.